The Kier molecular flexibility index (Phi) is 4.50. The molecule has 0 spiro atoms. The summed E-state index contributed by atoms with van der Waals surface area (Å²) < 4.78 is 1.78. The van der Waals surface area contributed by atoms with E-state index in [9.17, 15) is 4.79 Å². The monoisotopic (exact) mass is 322 g/mol. The molecule has 3 aromatic rings. The largest absolute Gasteiger partial charge is 0.316 e. The summed E-state index contributed by atoms with van der Waals surface area (Å²) in [4.78, 5) is 13.0. The maximum Gasteiger partial charge on any atom is 0.195 e. The smallest absolute Gasteiger partial charge is 0.195 e. The molecule has 0 aliphatic carbocycles. The molecule has 0 unspecified atom stereocenters. The lowest BCUT2D eigenvalue weighted by Gasteiger charge is -2.14. The highest BCUT2D eigenvalue weighted by Gasteiger charge is 2.19. The van der Waals surface area contributed by atoms with Crippen LogP contribution in [0.1, 0.15) is 33.1 Å². The number of hydrogen-bond donors (Lipinski definition) is 2. The molecule has 1 heterocycles. The van der Waals surface area contributed by atoms with Gasteiger partial charge in [0.05, 0.1) is 12.2 Å². The van der Waals surface area contributed by atoms with E-state index in [1.165, 1.54) is 0 Å². The SMILES string of the molecule is Cc1ccc(-n2c(C)nnc2CNO)c(C(=O)c2ccccc2)c1. The molecule has 0 saturated heterocycles. The van der Waals surface area contributed by atoms with Crippen LogP contribution in [0.3, 0.4) is 0 Å². The summed E-state index contributed by atoms with van der Waals surface area (Å²) in [5.41, 5.74) is 4.97. The van der Waals surface area contributed by atoms with Crippen molar-refractivity contribution < 1.29 is 10.0 Å². The number of rotatable bonds is 5. The molecule has 0 saturated carbocycles. The number of hydrogen-bond acceptors (Lipinski definition) is 5. The Morgan fingerprint density at radius 3 is 2.58 bits per heavy atom. The second-order valence-electron chi connectivity index (χ2n) is 5.55. The minimum absolute atomic E-state index is 0.0645. The zero-order valence-electron chi connectivity index (χ0n) is 13.5. The van der Waals surface area contributed by atoms with Gasteiger partial charge in [-0.05, 0) is 26.0 Å². The van der Waals surface area contributed by atoms with Crippen LogP contribution in [0.15, 0.2) is 48.5 Å². The van der Waals surface area contributed by atoms with Crippen LogP contribution in [-0.4, -0.2) is 25.8 Å². The van der Waals surface area contributed by atoms with E-state index >= 15 is 0 Å². The lowest BCUT2D eigenvalue weighted by molar-refractivity contribution is 0.103. The molecule has 1 aromatic heterocycles. The van der Waals surface area contributed by atoms with Crippen molar-refractivity contribution in [2.75, 3.05) is 0 Å². The van der Waals surface area contributed by atoms with Gasteiger partial charge in [0.2, 0.25) is 0 Å². The minimum atomic E-state index is -0.0645. The van der Waals surface area contributed by atoms with Gasteiger partial charge in [0.25, 0.3) is 0 Å². The summed E-state index contributed by atoms with van der Waals surface area (Å²) >= 11 is 0. The number of ketones is 1. The highest BCUT2D eigenvalue weighted by atomic mass is 16.5. The molecular formula is C18H18N4O2. The van der Waals surface area contributed by atoms with Crippen LogP contribution >= 0.6 is 0 Å². The van der Waals surface area contributed by atoms with Gasteiger partial charge in [-0.2, -0.15) is 5.48 Å². The van der Waals surface area contributed by atoms with E-state index in [4.69, 9.17) is 5.21 Å². The maximum absolute atomic E-state index is 13.0. The van der Waals surface area contributed by atoms with Crippen molar-refractivity contribution in [3.8, 4) is 5.69 Å². The summed E-state index contributed by atoms with van der Waals surface area (Å²) in [7, 11) is 0. The Morgan fingerprint density at radius 1 is 1.12 bits per heavy atom. The molecule has 0 atom stereocenters. The van der Waals surface area contributed by atoms with Crippen molar-refractivity contribution in [1.82, 2.24) is 20.2 Å². The van der Waals surface area contributed by atoms with Crippen molar-refractivity contribution in [3.63, 3.8) is 0 Å². The van der Waals surface area contributed by atoms with Gasteiger partial charge in [0.1, 0.15) is 5.82 Å². The standard InChI is InChI=1S/C18H18N4O2/c1-12-8-9-16(22-13(2)20-21-17(22)11-19-24)15(10-12)18(23)14-6-4-3-5-7-14/h3-10,19,24H,11H2,1-2H3. The Morgan fingerprint density at radius 2 is 1.88 bits per heavy atom. The van der Waals surface area contributed by atoms with Crippen LogP contribution in [0, 0.1) is 13.8 Å². The number of benzene rings is 2. The van der Waals surface area contributed by atoms with Gasteiger partial charge in [-0.15, -0.1) is 10.2 Å². The van der Waals surface area contributed by atoms with Gasteiger partial charge < -0.3 is 5.21 Å². The van der Waals surface area contributed by atoms with Crippen LogP contribution in [0.4, 0.5) is 0 Å². The number of nitrogens with one attached hydrogen (secondary N) is 1. The molecule has 2 N–H and O–H groups in total. The zero-order valence-corrected chi connectivity index (χ0v) is 13.5. The molecule has 0 radical (unpaired) electrons. The third-order valence-electron chi connectivity index (χ3n) is 3.80. The first kappa shape index (κ1) is 16.0. The average Bonchev–Trinajstić information content (AvgIpc) is 2.96. The van der Waals surface area contributed by atoms with Crippen molar-refractivity contribution in [3.05, 3.63) is 76.9 Å². The molecule has 6 heteroatoms. The number of aromatic nitrogens is 3. The number of nitrogens with zero attached hydrogens (tertiary/aromatic N) is 3. The first-order valence-corrected chi connectivity index (χ1v) is 7.60. The molecule has 2 aromatic carbocycles. The van der Waals surface area contributed by atoms with Crippen molar-refractivity contribution in [2.45, 2.75) is 20.4 Å². The summed E-state index contributed by atoms with van der Waals surface area (Å²) in [6, 6.07) is 14.8. The molecule has 3 rings (SSSR count). The van der Waals surface area contributed by atoms with Crippen molar-refractivity contribution in [2.24, 2.45) is 0 Å². The first-order valence-electron chi connectivity index (χ1n) is 7.60. The van der Waals surface area contributed by atoms with Crippen molar-refractivity contribution in [1.29, 1.82) is 0 Å². The summed E-state index contributed by atoms with van der Waals surface area (Å²) in [6.07, 6.45) is 0. The van der Waals surface area contributed by atoms with Gasteiger partial charge >= 0.3 is 0 Å². The first-order chi connectivity index (χ1) is 11.6. The zero-order chi connectivity index (χ0) is 17.1. The molecule has 0 bridgehead atoms. The Bertz CT molecular complexity index is 872. The van der Waals surface area contributed by atoms with E-state index in [0.29, 0.717) is 28.5 Å². The normalized spacial score (nSPS) is 10.8. The highest BCUT2D eigenvalue weighted by molar-refractivity contribution is 6.11. The van der Waals surface area contributed by atoms with E-state index in [1.54, 1.807) is 16.7 Å². The highest BCUT2D eigenvalue weighted by Crippen LogP contribution is 2.22. The lowest BCUT2D eigenvalue weighted by Crippen LogP contribution is -2.15. The number of carbonyl (C=O) groups excluding carboxylic acids is 1. The third kappa shape index (κ3) is 2.97. The van der Waals surface area contributed by atoms with Gasteiger partial charge in [-0.3, -0.25) is 9.36 Å². The van der Waals surface area contributed by atoms with E-state index in [2.05, 4.69) is 15.7 Å². The van der Waals surface area contributed by atoms with E-state index in [1.807, 2.05) is 50.2 Å². The molecule has 0 amide bonds. The maximum atomic E-state index is 13.0. The second kappa shape index (κ2) is 6.74. The van der Waals surface area contributed by atoms with Gasteiger partial charge in [-0.25, -0.2) is 0 Å². The van der Waals surface area contributed by atoms with Crippen LogP contribution < -0.4 is 5.48 Å². The fourth-order valence-corrected chi connectivity index (χ4v) is 2.68. The van der Waals surface area contributed by atoms with E-state index in [0.717, 1.165) is 5.56 Å². The van der Waals surface area contributed by atoms with Crippen LogP contribution in [0.2, 0.25) is 0 Å². The van der Waals surface area contributed by atoms with Crippen LogP contribution in [-0.2, 0) is 6.54 Å². The Labute approximate surface area is 139 Å². The van der Waals surface area contributed by atoms with Crippen LogP contribution in [0.5, 0.6) is 0 Å². The predicted molar refractivity (Wildman–Crippen MR) is 89.3 cm³/mol. The number of aryl methyl sites for hydroxylation is 2. The molecule has 0 aliphatic rings. The number of hydroxylamine groups is 1. The summed E-state index contributed by atoms with van der Waals surface area (Å²) in [6.45, 7) is 3.89. The fraction of sp³-hybridized carbons (Fsp3) is 0.167. The van der Waals surface area contributed by atoms with Gasteiger partial charge in [-0.1, -0.05) is 42.0 Å². The summed E-state index contributed by atoms with van der Waals surface area (Å²) in [5, 5.41) is 17.1. The molecular weight excluding hydrogens is 304 g/mol. The summed E-state index contributed by atoms with van der Waals surface area (Å²) in [5.74, 6) is 1.11. The topological polar surface area (TPSA) is 80.0 Å². The fourth-order valence-electron chi connectivity index (χ4n) is 2.68. The van der Waals surface area contributed by atoms with E-state index < -0.39 is 0 Å². The quantitative estimate of drug-likeness (QED) is 0.557. The molecule has 24 heavy (non-hydrogen) atoms. The Hall–Kier alpha value is -2.83. The second-order valence-corrected chi connectivity index (χ2v) is 5.55. The predicted octanol–water partition coefficient (Wildman–Crippen LogP) is 2.59. The number of carbonyl (C=O) groups is 1. The van der Waals surface area contributed by atoms with Crippen molar-refractivity contribution >= 4 is 5.78 Å². The van der Waals surface area contributed by atoms with Gasteiger partial charge in [0.15, 0.2) is 11.6 Å². The Balaban J connectivity index is 2.17. The lowest BCUT2D eigenvalue weighted by atomic mass is 9.99. The third-order valence-corrected chi connectivity index (χ3v) is 3.80. The minimum Gasteiger partial charge on any atom is -0.316 e. The molecule has 122 valence electrons. The molecule has 0 aliphatic heterocycles. The molecule has 6 nitrogen and oxygen atoms in total. The van der Waals surface area contributed by atoms with Crippen LogP contribution in [0.25, 0.3) is 5.69 Å². The van der Waals surface area contributed by atoms with E-state index in [-0.39, 0.29) is 12.3 Å². The van der Waals surface area contributed by atoms with Gasteiger partial charge in [0, 0.05) is 11.1 Å². The average molecular weight is 322 g/mol. The molecule has 0 fully saturated rings.